The molecule has 17 heavy (non-hydrogen) atoms. The summed E-state index contributed by atoms with van der Waals surface area (Å²) < 4.78 is 5.03. The number of amides is 1. The molecule has 3 nitrogen and oxygen atoms in total. The standard InChI is InChI=1S/C13H18ClNO2/c1-3-17-9-13(16)15-10(2)7-11-5-4-6-12(14)8-11/h4-6,8,10H,3,7,9H2,1-2H3,(H,15,16). The summed E-state index contributed by atoms with van der Waals surface area (Å²) >= 11 is 5.90. The number of benzene rings is 1. The number of hydrogen-bond acceptors (Lipinski definition) is 2. The van der Waals surface area contributed by atoms with Gasteiger partial charge in [0.25, 0.3) is 0 Å². The third-order valence-electron chi connectivity index (χ3n) is 2.28. The maximum atomic E-state index is 11.4. The highest BCUT2D eigenvalue weighted by molar-refractivity contribution is 6.30. The molecule has 0 aliphatic carbocycles. The van der Waals surface area contributed by atoms with Gasteiger partial charge in [-0.1, -0.05) is 23.7 Å². The van der Waals surface area contributed by atoms with Gasteiger partial charge in [-0.25, -0.2) is 0 Å². The van der Waals surface area contributed by atoms with E-state index in [1.54, 1.807) is 0 Å². The van der Waals surface area contributed by atoms with E-state index in [4.69, 9.17) is 16.3 Å². The molecule has 1 N–H and O–H groups in total. The van der Waals surface area contributed by atoms with Crippen LogP contribution in [0, 0.1) is 0 Å². The highest BCUT2D eigenvalue weighted by Crippen LogP contribution is 2.12. The van der Waals surface area contributed by atoms with Gasteiger partial charge in [0.05, 0.1) is 0 Å². The number of carbonyl (C=O) groups is 1. The molecule has 1 atom stereocenters. The van der Waals surface area contributed by atoms with Gasteiger partial charge in [0.2, 0.25) is 5.91 Å². The van der Waals surface area contributed by atoms with E-state index in [9.17, 15) is 4.79 Å². The van der Waals surface area contributed by atoms with Crippen molar-refractivity contribution < 1.29 is 9.53 Å². The summed E-state index contributed by atoms with van der Waals surface area (Å²) in [7, 11) is 0. The second kappa shape index (κ2) is 7.30. The maximum absolute atomic E-state index is 11.4. The Morgan fingerprint density at radius 1 is 1.53 bits per heavy atom. The van der Waals surface area contributed by atoms with Crippen molar-refractivity contribution in [3.05, 3.63) is 34.9 Å². The van der Waals surface area contributed by atoms with Crippen LogP contribution < -0.4 is 5.32 Å². The SMILES string of the molecule is CCOCC(=O)NC(C)Cc1cccc(Cl)c1. The van der Waals surface area contributed by atoms with Gasteiger partial charge in [0, 0.05) is 17.7 Å². The van der Waals surface area contributed by atoms with Crippen LogP contribution in [0.25, 0.3) is 0 Å². The first-order valence-electron chi connectivity index (χ1n) is 5.73. The van der Waals surface area contributed by atoms with Crippen molar-refractivity contribution in [1.29, 1.82) is 0 Å². The van der Waals surface area contributed by atoms with E-state index in [1.807, 2.05) is 38.1 Å². The van der Waals surface area contributed by atoms with Gasteiger partial charge in [-0.05, 0) is 38.0 Å². The molecule has 1 aromatic carbocycles. The molecule has 0 heterocycles. The van der Waals surface area contributed by atoms with Crippen molar-refractivity contribution in [3.63, 3.8) is 0 Å². The molecule has 1 amide bonds. The van der Waals surface area contributed by atoms with Crippen LogP contribution in [-0.2, 0) is 16.0 Å². The zero-order chi connectivity index (χ0) is 12.7. The smallest absolute Gasteiger partial charge is 0.246 e. The molecule has 1 unspecified atom stereocenters. The second-order valence-electron chi connectivity index (χ2n) is 3.94. The lowest BCUT2D eigenvalue weighted by Crippen LogP contribution is -2.36. The van der Waals surface area contributed by atoms with Gasteiger partial charge in [0.1, 0.15) is 6.61 Å². The molecule has 0 saturated carbocycles. The fraction of sp³-hybridized carbons (Fsp3) is 0.462. The van der Waals surface area contributed by atoms with E-state index >= 15 is 0 Å². The van der Waals surface area contributed by atoms with Crippen LogP contribution in [-0.4, -0.2) is 25.2 Å². The minimum Gasteiger partial charge on any atom is -0.372 e. The van der Waals surface area contributed by atoms with Gasteiger partial charge in [0.15, 0.2) is 0 Å². The third kappa shape index (κ3) is 5.71. The van der Waals surface area contributed by atoms with Crippen LogP contribution in [0.3, 0.4) is 0 Å². The Morgan fingerprint density at radius 2 is 2.29 bits per heavy atom. The molecule has 0 aromatic heterocycles. The van der Waals surface area contributed by atoms with Crippen LogP contribution in [0.2, 0.25) is 5.02 Å². The van der Waals surface area contributed by atoms with Gasteiger partial charge in [-0.2, -0.15) is 0 Å². The average Bonchev–Trinajstić information content (AvgIpc) is 2.26. The number of halogens is 1. The molecule has 0 aliphatic heterocycles. The van der Waals surface area contributed by atoms with E-state index < -0.39 is 0 Å². The Hall–Kier alpha value is -1.06. The molecule has 1 aromatic rings. The lowest BCUT2D eigenvalue weighted by molar-refractivity contribution is -0.126. The predicted octanol–water partition coefficient (Wildman–Crippen LogP) is 2.42. The molecule has 1 rings (SSSR count). The Kier molecular flexibility index (Phi) is 6.01. The van der Waals surface area contributed by atoms with E-state index in [0.717, 1.165) is 17.0 Å². The first-order chi connectivity index (χ1) is 8.11. The van der Waals surface area contributed by atoms with E-state index in [1.165, 1.54) is 0 Å². The van der Waals surface area contributed by atoms with Gasteiger partial charge >= 0.3 is 0 Å². The molecular formula is C13H18ClNO2. The van der Waals surface area contributed by atoms with Crippen LogP contribution >= 0.6 is 11.6 Å². The Bertz CT molecular complexity index is 368. The Balaban J connectivity index is 2.39. The summed E-state index contributed by atoms with van der Waals surface area (Å²) in [5.41, 5.74) is 1.11. The van der Waals surface area contributed by atoms with Crippen LogP contribution in [0.4, 0.5) is 0 Å². The van der Waals surface area contributed by atoms with Crippen molar-refractivity contribution in [3.8, 4) is 0 Å². The van der Waals surface area contributed by atoms with Crippen LogP contribution in [0.5, 0.6) is 0 Å². The fourth-order valence-corrected chi connectivity index (χ4v) is 1.79. The quantitative estimate of drug-likeness (QED) is 0.848. The zero-order valence-electron chi connectivity index (χ0n) is 10.2. The average molecular weight is 256 g/mol. The molecule has 0 saturated heterocycles. The van der Waals surface area contributed by atoms with E-state index in [2.05, 4.69) is 5.32 Å². The number of carbonyl (C=O) groups excluding carboxylic acids is 1. The van der Waals surface area contributed by atoms with Crippen molar-refractivity contribution in [2.24, 2.45) is 0 Å². The normalized spacial score (nSPS) is 12.2. The van der Waals surface area contributed by atoms with Gasteiger partial charge in [-0.15, -0.1) is 0 Å². The van der Waals surface area contributed by atoms with Crippen molar-refractivity contribution in [2.75, 3.05) is 13.2 Å². The molecule has 0 radical (unpaired) electrons. The number of nitrogens with one attached hydrogen (secondary N) is 1. The summed E-state index contributed by atoms with van der Waals surface area (Å²) in [6, 6.07) is 7.72. The second-order valence-corrected chi connectivity index (χ2v) is 4.38. The monoisotopic (exact) mass is 255 g/mol. The summed E-state index contributed by atoms with van der Waals surface area (Å²) in [6.45, 7) is 4.50. The van der Waals surface area contributed by atoms with Crippen LogP contribution in [0.15, 0.2) is 24.3 Å². The predicted molar refractivity (Wildman–Crippen MR) is 69.3 cm³/mol. The molecular weight excluding hydrogens is 238 g/mol. The lowest BCUT2D eigenvalue weighted by Gasteiger charge is -2.14. The highest BCUT2D eigenvalue weighted by Gasteiger charge is 2.08. The zero-order valence-corrected chi connectivity index (χ0v) is 11.0. The van der Waals surface area contributed by atoms with E-state index in [0.29, 0.717) is 6.61 Å². The summed E-state index contributed by atoms with van der Waals surface area (Å²) in [4.78, 5) is 11.4. The molecule has 0 spiro atoms. The molecule has 0 aliphatic rings. The third-order valence-corrected chi connectivity index (χ3v) is 2.51. The minimum atomic E-state index is -0.0821. The molecule has 0 fully saturated rings. The van der Waals surface area contributed by atoms with Crippen molar-refractivity contribution in [2.45, 2.75) is 26.3 Å². The topological polar surface area (TPSA) is 38.3 Å². The number of rotatable bonds is 6. The Labute approximate surface area is 107 Å². The summed E-state index contributed by atoms with van der Waals surface area (Å²) in [5, 5.41) is 3.59. The highest BCUT2D eigenvalue weighted by atomic mass is 35.5. The molecule has 0 bridgehead atoms. The van der Waals surface area contributed by atoms with Crippen LogP contribution in [0.1, 0.15) is 19.4 Å². The largest absolute Gasteiger partial charge is 0.372 e. The van der Waals surface area contributed by atoms with E-state index in [-0.39, 0.29) is 18.6 Å². The Morgan fingerprint density at radius 3 is 2.94 bits per heavy atom. The first-order valence-corrected chi connectivity index (χ1v) is 6.11. The maximum Gasteiger partial charge on any atom is 0.246 e. The minimum absolute atomic E-state index is 0.0708. The van der Waals surface area contributed by atoms with Gasteiger partial charge in [-0.3, -0.25) is 4.79 Å². The first kappa shape index (κ1) is 14.0. The van der Waals surface area contributed by atoms with Crippen molar-refractivity contribution in [1.82, 2.24) is 5.32 Å². The number of hydrogen-bond donors (Lipinski definition) is 1. The fourth-order valence-electron chi connectivity index (χ4n) is 1.58. The summed E-state index contributed by atoms with van der Waals surface area (Å²) in [5.74, 6) is -0.0821. The molecule has 4 heteroatoms. The van der Waals surface area contributed by atoms with Gasteiger partial charge < -0.3 is 10.1 Å². The number of ether oxygens (including phenoxy) is 1. The van der Waals surface area contributed by atoms with Crippen molar-refractivity contribution >= 4 is 17.5 Å². The molecule has 94 valence electrons. The summed E-state index contributed by atoms with van der Waals surface area (Å²) in [6.07, 6.45) is 0.762. The lowest BCUT2D eigenvalue weighted by atomic mass is 10.1.